The van der Waals surface area contributed by atoms with E-state index in [9.17, 15) is 4.79 Å². The summed E-state index contributed by atoms with van der Waals surface area (Å²) < 4.78 is 5.22. The molecular formula is C12H16ClNO3. The number of anilines is 1. The number of carbonyl (C=O) groups is 1. The van der Waals surface area contributed by atoms with Crippen LogP contribution in [-0.2, 0) is 4.79 Å². The molecular weight excluding hydrogens is 242 g/mol. The molecule has 0 saturated carbocycles. The van der Waals surface area contributed by atoms with Crippen LogP contribution >= 0.6 is 11.6 Å². The van der Waals surface area contributed by atoms with Crippen LogP contribution in [0.2, 0.25) is 5.02 Å². The summed E-state index contributed by atoms with van der Waals surface area (Å²) in [7, 11) is 1.59. The van der Waals surface area contributed by atoms with Gasteiger partial charge in [-0.1, -0.05) is 11.6 Å². The van der Waals surface area contributed by atoms with E-state index in [4.69, 9.17) is 21.4 Å². The van der Waals surface area contributed by atoms with E-state index in [2.05, 4.69) is 5.32 Å². The molecule has 0 aliphatic heterocycles. The lowest BCUT2D eigenvalue weighted by Gasteiger charge is -2.12. The van der Waals surface area contributed by atoms with Crippen molar-refractivity contribution in [3.05, 3.63) is 22.7 Å². The average Bonchev–Trinajstić information content (AvgIpc) is 2.28. The number of ether oxygens (including phenoxy) is 1. The zero-order valence-electron chi connectivity index (χ0n) is 9.92. The number of benzene rings is 1. The maximum Gasteiger partial charge on any atom is 0.303 e. The number of carboxylic acids is 1. The highest BCUT2D eigenvalue weighted by Gasteiger charge is 2.06. The monoisotopic (exact) mass is 257 g/mol. The predicted octanol–water partition coefficient (Wildman–Crippen LogP) is 2.93. The van der Waals surface area contributed by atoms with E-state index < -0.39 is 5.97 Å². The second kappa shape index (κ2) is 6.35. The summed E-state index contributed by atoms with van der Waals surface area (Å²) in [4.78, 5) is 10.4. The molecule has 4 nitrogen and oxygen atoms in total. The minimum atomic E-state index is -0.791. The van der Waals surface area contributed by atoms with E-state index in [1.165, 1.54) is 0 Å². The molecule has 0 unspecified atom stereocenters. The lowest BCUT2D eigenvalue weighted by Crippen LogP contribution is -2.06. The molecule has 0 heterocycles. The molecule has 0 atom stereocenters. The molecule has 1 aromatic rings. The van der Waals surface area contributed by atoms with Crippen molar-refractivity contribution in [1.82, 2.24) is 0 Å². The molecule has 1 rings (SSSR count). The third-order valence-corrected chi connectivity index (χ3v) is 2.77. The number of methoxy groups -OCH3 is 1. The van der Waals surface area contributed by atoms with Crippen molar-refractivity contribution < 1.29 is 14.6 Å². The number of aliphatic carboxylic acids is 1. The Kier molecular flexibility index (Phi) is 5.10. The topological polar surface area (TPSA) is 58.6 Å². The van der Waals surface area contributed by atoms with Crippen molar-refractivity contribution in [1.29, 1.82) is 0 Å². The first-order chi connectivity index (χ1) is 8.04. The summed E-state index contributed by atoms with van der Waals surface area (Å²) in [5.74, 6) is -0.0806. The van der Waals surface area contributed by atoms with Crippen LogP contribution in [0.3, 0.4) is 0 Å². The first-order valence-corrected chi connectivity index (χ1v) is 5.72. The normalized spacial score (nSPS) is 10.1. The number of nitrogens with one attached hydrogen (secondary N) is 1. The summed E-state index contributed by atoms with van der Waals surface area (Å²) in [6, 6.07) is 3.64. The van der Waals surface area contributed by atoms with E-state index in [-0.39, 0.29) is 6.42 Å². The highest BCUT2D eigenvalue weighted by molar-refractivity contribution is 6.31. The fourth-order valence-electron chi connectivity index (χ4n) is 1.42. The fourth-order valence-corrected chi connectivity index (χ4v) is 1.59. The summed E-state index contributed by atoms with van der Waals surface area (Å²) in [6.07, 6.45) is 0.707. The molecule has 0 aromatic heterocycles. The van der Waals surface area contributed by atoms with Gasteiger partial charge in [0, 0.05) is 18.0 Å². The zero-order valence-corrected chi connectivity index (χ0v) is 10.7. The molecule has 0 bridgehead atoms. The summed E-state index contributed by atoms with van der Waals surface area (Å²) >= 11 is 6.02. The van der Waals surface area contributed by atoms with Crippen LogP contribution in [0.4, 0.5) is 5.69 Å². The smallest absolute Gasteiger partial charge is 0.303 e. The van der Waals surface area contributed by atoms with Gasteiger partial charge in [0.2, 0.25) is 0 Å². The van der Waals surface area contributed by atoms with Crippen molar-refractivity contribution in [2.24, 2.45) is 0 Å². The standard InChI is InChI=1S/C12H16ClNO3/c1-8-6-11(17-2)10(7-9(8)13)14-5-3-4-12(15)16/h6-7,14H,3-5H2,1-2H3,(H,15,16). The van der Waals surface area contributed by atoms with Gasteiger partial charge in [0.05, 0.1) is 12.8 Å². The van der Waals surface area contributed by atoms with Crippen molar-refractivity contribution in [3.63, 3.8) is 0 Å². The number of hydrogen-bond acceptors (Lipinski definition) is 3. The Labute approximate surface area is 106 Å². The van der Waals surface area contributed by atoms with Gasteiger partial charge in [0.15, 0.2) is 0 Å². The lowest BCUT2D eigenvalue weighted by molar-refractivity contribution is -0.137. The summed E-state index contributed by atoms with van der Waals surface area (Å²) in [5.41, 5.74) is 1.73. The van der Waals surface area contributed by atoms with Gasteiger partial charge in [0.25, 0.3) is 0 Å². The third kappa shape index (κ3) is 4.15. The van der Waals surface area contributed by atoms with Crippen molar-refractivity contribution >= 4 is 23.3 Å². The van der Waals surface area contributed by atoms with Crippen molar-refractivity contribution in [2.75, 3.05) is 19.0 Å². The molecule has 2 N–H and O–H groups in total. The van der Waals surface area contributed by atoms with E-state index in [0.29, 0.717) is 23.7 Å². The van der Waals surface area contributed by atoms with Crippen LogP contribution in [0.25, 0.3) is 0 Å². The molecule has 0 fully saturated rings. The summed E-state index contributed by atoms with van der Waals surface area (Å²) in [6.45, 7) is 2.47. The fraction of sp³-hybridized carbons (Fsp3) is 0.417. The Balaban J connectivity index is 2.63. The van der Waals surface area contributed by atoms with Crippen LogP contribution in [-0.4, -0.2) is 24.7 Å². The van der Waals surface area contributed by atoms with E-state index >= 15 is 0 Å². The van der Waals surface area contributed by atoms with Crippen LogP contribution in [0.5, 0.6) is 5.75 Å². The summed E-state index contributed by atoms with van der Waals surface area (Å²) in [5, 5.41) is 12.3. The SMILES string of the molecule is COc1cc(C)c(Cl)cc1NCCCC(=O)O. The molecule has 1 aromatic carbocycles. The molecule has 0 aliphatic carbocycles. The Morgan fingerprint density at radius 2 is 2.24 bits per heavy atom. The Morgan fingerprint density at radius 1 is 1.53 bits per heavy atom. The highest BCUT2D eigenvalue weighted by Crippen LogP contribution is 2.30. The molecule has 0 spiro atoms. The number of halogens is 1. The maximum atomic E-state index is 10.4. The Bertz CT molecular complexity index is 407. The number of hydrogen-bond donors (Lipinski definition) is 2. The Morgan fingerprint density at radius 3 is 2.82 bits per heavy atom. The van der Waals surface area contributed by atoms with Crippen LogP contribution in [0.1, 0.15) is 18.4 Å². The minimum Gasteiger partial charge on any atom is -0.495 e. The molecule has 17 heavy (non-hydrogen) atoms. The average molecular weight is 258 g/mol. The maximum absolute atomic E-state index is 10.4. The van der Waals surface area contributed by atoms with Gasteiger partial charge in [-0.3, -0.25) is 4.79 Å². The van der Waals surface area contributed by atoms with Crippen LogP contribution in [0.15, 0.2) is 12.1 Å². The van der Waals surface area contributed by atoms with Gasteiger partial charge in [-0.2, -0.15) is 0 Å². The molecule has 0 saturated heterocycles. The van der Waals surface area contributed by atoms with Crippen LogP contribution in [0, 0.1) is 6.92 Å². The van der Waals surface area contributed by atoms with Gasteiger partial charge in [0.1, 0.15) is 5.75 Å². The van der Waals surface area contributed by atoms with Crippen molar-refractivity contribution in [2.45, 2.75) is 19.8 Å². The second-order valence-corrected chi connectivity index (χ2v) is 4.13. The van der Waals surface area contributed by atoms with Gasteiger partial charge in [-0.25, -0.2) is 0 Å². The Hall–Kier alpha value is -1.42. The number of aryl methyl sites for hydroxylation is 1. The predicted molar refractivity (Wildman–Crippen MR) is 68.1 cm³/mol. The molecule has 0 amide bonds. The molecule has 0 aliphatic rings. The van der Waals surface area contributed by atoms with Gasteiger partial charge in [-0.05, 0) is 31.0 Å². The largest absolute Gasteiger partial charge is 0.495 e. The highest BCUT2D eigenvalue weighted by atomic mass is 35.5. The van der Waals surface area contributed by atoms with E-state index in [1.807, 2.05) is 13.0 Å². The molecule has 94 valence electrons. The number of carboxylic acid groups (broad SMARTS) is 1. The van der Waals surface area contributed by atoms with E-state index in [1.54, 1.807) is 13.2 Å². The lowest BCUT2D eigenvalue weighted by atomic mass is 10.2. The van der Waals surface area contributed by atoms with Crippen LogP contribution < -0.4 is 10.1 Å². The quantitative estimate of drug-likeness (QED) is 0.770. The second-order valence-electron chi connectivity index (χ2n) is 3.73. The first-order valence-electron chi connectivity index (χ1n) is 5.34. The van der Waals surface area contributed by atoms with Gasteiger partial charge >= 0.3 is 5.97 Å². The molecule has 0 radical (unpaired) electrons. The van der Waals surface area contributed by atoms with Gasteiger partial charge < -0.3 is 15.2 Å². The molecule has 5 heteroatoms. The first kappa shape index (κ1) is 13.6. The minimum absolute atomic E-state index is 0.148. The zero-order chi connectivity index (χ0) is 12.8. The van der Waals surface area contributed by atoms with Gasteiger partial charge in [-0.15, -0.1) is 0 Å². The van der Waals surface area contributed by atoms with E-state index in [0.717, 1.165) is 11.3 Å². The number of rotatable bonds is 6. The third-order valence-electron chi connectivity index (χ3n) is 2.36. The van der Waals surface area contributed by atoms with Crippen molar-refractivity contribution in [3.8, 4) is 5.75 Å².